The molecule has 0 aliphatic carbocycles. The van der Waals surface area contributed by atoms with Gasteiger partial charge in [-0.15, -0.1) is 0 Å². The van der Waals surface area contributed by atoms with Crippen LogP contribution in [0, 0.1) is 0 Å². The van der Waals surface area contributed by atoms with E-state index < -0.39 is 23.8 Å². The quantitative estimate of drug-likeness (QED) is 0.368. The molecule has 7 nitrogen and oxygen atoms in total. The molecule has 0 aliphatic heterocycles. The standard InChI is InChI=1S/C7H14N4O3/c8-3-6(13)11-4(7(10)14)1-2-5(9)12/h4H,1-3,8H2,(H2,9,12)(H2,10,14)(H,11,13). The van der Waals surface area contributed by atoms with Crippen LogP contribution in [0.3, 0.4) is 0 Å². The van der Waals surface area contributed by atoms with Crippen LogP contribution in [0.25, 0.3) is 0 Å². The minimum Gasteiger partial charge on any atom is -0.370 e. The topological polar surface area (TPSA) is 141 Å². The van der Waals surface area contributed by atoms with Crippen molar-refractivity contribution >= 4 is 17.7 Å². The van der Waals surface area contributed by atoms with Gasteiger partial charge in [0.15, 0.2) is 0 Å². The fraction of sp³-hybridized carbons (Fsp3) is 0.571. The zero-order valence-electron chi connectivity index (χ0n) is 7.66. The molecule has 0 aromatic heterocycles. The summed E-state index contributed by atoms with van der Waals surface area (Å²) in [7, 11) is 0. The predicted octanol–water partition coefficient (Wildman–Crippen LogP) is -2.82. The van der Waals surface area contributed by atoms with Crippen LogP contribution >= 0.6 is 0 Å². The Morgan fingerprint density at radius 1 is 1.21 bits per heavy atom. The summed E-state index contributed by atoms with van der Waals surface area (Å²) in [5.74, 6) is -1.77. The molecule has 0 bridgehead atoms. The van der Waals surface area contributed by atoms with Gasteiger partial charge < -0.3 is 22.5 Å². The lowest BCUT2D eigenvalue weighted by atomic mass is 10.1. The molecule has 80 valence electrons. The van der Waals surface area contributed by atoms with Gasteiger partial charge in [0.25, 0.3) is 0 Å². The van der Waals surface area contributed by atoms with Gasteiger partial charge in [-0.1, -0.05) is 0 Å². The number of hydrogen-bond acceptors (Lipinski definition) is 4. The highest BCUT2D eigenvalue weighted by Crippen LogP contribution is 1.95. The van der Waals surface area contributed by atoms with E-state index in [1.807, 2.05) is 0 Å². The van der Waals surface area contributed by atoms with Crippen molar-refractivity contribution in [1.82, 2.24) is 5.32 Å². The number of nitrogens with two attached hydrogens (primary N) is 3. The first-order valence-electron chi connectivity index (χ1n) is 4.04. The number of hydrogen-bond donors (Lipinski definition) is 4. The Bertz CT molecular complexity index is 241. The molecular formula is C7H14N4O3. The van der Waals surface area contributed by atoms with Gasteiger partial charge in [0.05, 0.1) is 6.54 Å². The fourth-order valence-corrected chi connectivity index (χ4v) is 0.825. The average molecular weight is 202 g/mol. The molecule has 0 saturated heterocycles. The molecule has 7 N–H and O–H groups in total. The van der Waals surface area contributed by atoms with Gasteiger partial charge in [-0.2, -0.15) is 0 Å². The monoisotopic (exact) mass is 202 g/mol. The number of carbonyl (C=O) groups excluding carboxylic acids is 3. The van der Waals surface area contributed by atoms with E-state index in [0.29, 0.717) is 0 Å². The minimum atomic E-state index is -0.890. The first-order chi connectivity index (χ1) is 6.47. The predicted molar refractivity (Wildman–Crippen MR) is 48.6 cm³/mol. The number of primary amides is 2. The molecule has 0 saturated carbocycles. The SMILES string of the molecule is NCC(=O)NC(CCC(N)=O)C(N)=O. The van der Waals surface area contributed by atoms with Crippen molar-refractivity contribution in [1.29, 1.82) is 0 Å². The Hall–Kier alpha value is -1.63. The second-order valence-corrected chi connectivity index (χ2v) is 2.73. The Morgan fingerprint density at radius 3 is 2.14 bits per heavy atom. The van der Waals surface area contributed by atoms with Gasteiger partial charge in [0, 0.05) is 6.42 Å². The molecular weight excluding hydrogens is 188 g/mol. The lowest BCUT2D eigenvalue weighted by Gasteiger charge is -2.13. The van der Waals surface area contributed by atoms with Crippen molar-refractivity contribution in [2.75, 3.05) is 6.54 Å². The summed E-state index contributed by atoms with van der Waals surface area (Å²) in [4.78, 5) is 32.0. The summed E-state index contributed by atoms with van der Waals surface area (Å²) in [6.45, 7) is -0.236. The van der Waals surface area contributed by atoms with E-state index >= 15 is 0 Å². The van der Waals surface area contributed by atoms with E-state index in [0.717, 1.165) is 0 Å². The van der Waals surface area contributed by atoms with Crippen LogP contribution in [-0.2, 0) is 14.4 Å². The first-order valence-corrected chi connectivity index (χ1v) is 4.04. The highest BCUT2D eigenvalue weighted by molar-refractivity contribution is 5.87. The van der Waals surface area contributed by atoms with Gasteiger partial charge in [-0.05, 0) is 6.42 Å². The van der Waals surface area contributed by atoms with E-state index in [-0.39, 0.29) is 19.4 Å². The van der Waals surface area contributed by atoms with E-state index in [1.165, 1.54) is 0 Å². The van der Waals surface area contributed by atoms with E-state index in [1.54, 1.807) is 0 Å². The number of nitrogens with one attached hydrogen (secondary N) is 1. The van der Waals surface area contributed by atoms with Crippen molar-refractivity contribution in [3.63, 3.8) is 0 Å². The third-order valence-corrected chi connectivity index (χ3v) is 1.54. The maximum Gasteiger partial charge on any atom is 0.240 e. The van der Waals surface area contributed by atoms with Crippen molar-refractivity contribution in [2.24, 2.45) is 17.2 Å². The highest BCUT2D eigenvalue weighted by Gasteiger charge is 2.17. The summed E-state index contributed by atoms with van der Waals surface area (Å²) in [6, 6.07) is -0.890. The van der Waals surface area contributed by atoms with Crippen LogP contribution in [0.4, 0.5) is 0 Å². The molecule has 0 radical (unpaired) electrons. The molecule has 0 aliphatic rings. The Labute approximate surface area is 81.0 Å². The zero-order chi connectivity index (χ0) is 11.1. The number of carbonyl (C=O) groups is 3. The van der Waals surface area contributed by atoms with E-state index in [9.17, 15) is 14.4 Å². The van der Waals surface area contributed by atoms with Crippen LogP contribution in [0.5, 0.6) is 0 Å². The summed E-state index contributed by atoms with van der Waals surface area (Å²) in [5, 5.41) is 2.28. The molecule has 0 heterocycles. The second-order valence-electron chi connectivity index (χ2n) is 2.73. The Kier molecular flexibility index (Phi) is 5.23. The van der Waals surface area contributed by atoms with Crippen LogP contribution < -0.4 is 22.5 Å². The van der Waals surface area contributed by atoms with Crippen LogP contribution in [0.15, 0.2) is 0 Å². The fourth-order valence-electron chi connectivity index (χ4n) is 0.825. The molecule has 0 aromatic carbocycles. The Morgan fingerprint density at radius 2 is 1.79 bits per heavy atom. The summed E-state index contributed by atoms with van der Waals surface area (Å²) >= 11 is 0. The molecule has 0 rings (SSSR count). The van der Waals surface area contributed by atoms with Crippen molar-refractivity contribution in [2.45, 2.75) is 18.9 Å². The van der Waals surface area contributed by atoms with Gasteiger partial charge in [0.1, 0.15) is 6.04 Å². The van der Waals surface area contributed by atoms with E-state index in [4.69, 9.17) is 17.2 Å². The molecule has 0 fully saturated rings. The zero-order valence-corrected chi connectivity index (χ0v) is 7.66. The van der Waals surface area contributed by atoms with Gasteiger partial charge in [0.2, 0.25) is 17.7 Å². The molecule has 7 heteroatoms. The Balaban J connectivity index is 4.09. The van der Waals surface area contributed by atoms with Crippen LogP contribution in [-0.4, -0.2) is 30.3 Å². The lowest BCUT2D eigenvalue weighted by Crippen LogP contribution is -2.46. The lowest BCUT2D eigenvalue weighted by molar-refractivity contribution is -0.127. The van der Waals surface area contributed by atoms with Crippen LogP contribution in [0.2, 0.25) is 0 Å². The second kappa shape index (κ2) is 5.92. The molecule has 1 atom stereocenters. The number of rotatable bonds is 6. The minimum absolute atomic E-state index is 0.0154. The smallest absolute Gasteiger partial charge is 0.240 e. The van der Waals surface area contributed by atoms with Gasteiger partial charge in [-0.25, -0.2) is 0 Å². The molecule has 14 heavy (non-hydrogen) atoms. The average Bonchev–Trinajstić information content (AvgIpc) is 2.10. The maximum absolute atomic E-state index is 10.8. The van der Waals surface area contributed by atoms with Gasteiger partial charge in [-0.3, -0.25) is 14.4 Å². The third-order valence-electron chi connectivity index (χ3n) is 1.54. The van der Waals surface area contributed by atoms with Gasteiger partial charge >= 0.3 is 0 Å². The maximum atomic E-state index is 10.8. The van der Waals surface area contributed by atoms with E-state index in [2.05, 4.69) is 5.32 Å². The molecule has 1 unspecified atom stereocenters. The van der Waals surface area contributed by atoms with Crippen molar-refractivity contribution in [3.8, 4) is 0 Å². The largest absolute Gasteiger partial charge is 0.370 e. The van der Waals surface area contributed by atoms with Crippen molar-refractivity contribution in [3.05, 3.63) is 0 Å². The summed E-state index contributed by atoms with van der Waals surface area (Å²) < 4.78 is 0. The normalized spacial score (nSPS) is 11.8. The van der Waals surface area contributed by atoms with Crippen LogP contribution in [0.1, 0.15) is 12.8 Å². The van der Waals surface area contributed by atoms with Crippen molar-refractivity contribution < 1.29 is 14.4 Å². The first kappa shape index (κ1) is 12.4. The molecule has 0 aromatic rings. The third kappa shape index (κ3) is 5.09. The molecule has 3 amide bonds. The summed E-state index contributed by atoms with van der Waals surface area (Å²) in [5.41, 5.74) is 14.9. The highest BCUT2D eigenvalue weighted by atomic mass is 16.2. The number of amides is 3. The molecule has 0 spiro atoms. The summed E-state index contributed by atoms with van der Waals surface area (Å²) in [6.07, 6.45) is 0.0782.